The lowest BCUT2D eigenvalue weighted by atomic mass is 9.52. The number of Topliss-reactive ketones (excluding diaryl/α,β-unsaturated/α-hetero) is 1. The molecule has 1 N–H and O–H groups in total. The van der Waals surface area contributed by atoms with Crippen LogP contribution in [0.4, 0.5) is 5.69 Å². The van der Waals surface area contributed by atoms with E-state index in [0.717, 1.165) is 16.7 Å². The van der Waals surface area contributed by atoms with Crippen LogP contribution in [0.5, 0.6) is 0 Å². The Morgan fingerprint density at radius 3 is 2.35 bits per heavy atom. The molecule has 0 aromatic heterocycles. The number of para-hydroxylation sites is 1. The normalized spacial score (nSPS) is 30.1. The van der Waals surface area contributed by atoms with E-state index in [-0.39, 0.29) is 24.5 Å². The molecule has 1 amide bonds. The molecule has 3 aliphatic heterocycles. The molecular formula is C32H28Cl2N2O4. The average molecular weight is 575 g/mol. The largest absolute Gasteiger partial charge is 0.347 e. The predicted molar refractivity (Wildman–Crippen MR) is 154 cm³/mol. The van der Waals surface area contributed by atoms with Gasteiger partial charge in [0, 0.05) is 52.2 Å². The highest BCUT2D eigenvalue weighted by Crippen LogP contribution is 2.68. The van der Waals surface area contributed by atoms with Gasteiger partial charge in [0.05, 0.1) is 18.6 Å². The lowest BCUT2D eigenvalue weighted by Crippen LogP contribution is -2.63. The van der Waals surface area contributed by atoms with E-state index in [1.54, 1.807) is 6.07 Å². The summed E-state index contributed by atoms with van der Waals surface area (Å²) in [5.41, 5.74) is 0.944. The number of carbonyl (C=O) groups is 2. The molecule has 0 bridgehead atoms. The number of benzene rings is 3. The summed E-state index contributed by atoms with van der Waals surface area (Å²) in [5, 5.41) is 4.20. The molecule has 8 heteroatoms. The third kappa shape index (κ3) is 3.41. The van der Waals surface area contributed by atoms with E-state index in [1.807, 2.05) is 84.8 Å². The van der Waals surface area contributed by atoms with Crippen LogP contribution >= 0.6 is 23.2 Å². The molecule has 4 aliphatic rings. The number of nitrogens with zero attached hydrogens (tertiary/aromatic N) is 1. The maximum atomic E-state index is 15.3. The van der Waals surface area contributed by atoms with Crippen molar-refractivity contribution in [2.24, 2.45) is 5.41 Å². The van der Waals surface area contributed by atoms with Crippen LogP contribution in [0.2, 0.25) is 10.0 Å². The van der Waals surface area contributed by atoms with E-state index < -0.39 is 22.7 Å². The van der Waals surface area contributed by atoms with Crippen molar-refractivity contribution in [2.45, 2.75) is 30.1 Å². The van der Waals surface area contributed by atoms with Gasteiger partial charge in [-0.3, -0.25) is 14.5 Å². The lowest BCUT2D eigenvalue weighted by Gasteiger charge is -2.52. The number of hydrogen-bond donors (Lipinski definition) is 1. The van der Waals surface area contributed by atoms with Crippen LogP contribution < -0.4 is 5.32 Å². The van der Waals surface area contributed by atoms with Gasteiger partial charge in [-0.15, -0.1) is 0 Å². The summed E-state index contributed by atoms with van der Waals surface area (Å²) in [5.74, 6) is -1.84. The van der Waals surface area contributed by atoms with Crippen LogP contribution in [-0.4, -0.2) is 49.2 Å². The van der Waals surface area contributed by atoms with Crippen molar-refractivity contribution in [2.75, 3.05) is 32.1 Å². The molecule has 40 heavy (non-hydrogen) atoms. The van der Waals surface area contributed by atoms with E-state index in [9.17, 15) is 4.79 Å². The third-order valence-electron chi connectivity index (χ3n) is 9.20. The summed E-state index contributed by atoms with van der Waals surface area (Å²) in [4.78, 5) is 31.7. The number of ether oxygens (including phenoxy) is 2. The second-order valence-corrected chi connectivity index (χ2v) is 11.9. The van der Waals surface area contributed by atoms with Gasteiger partial charge in [0.25, 0.3) is 5.91 Å². The van der Waals surface area contributed by atoms with Gasteiger partial charge in [0.2, 0.25) is 0 Å². The van der Waals surface area contributed by atoms with Crippen molar-refractivity contribution in [1.29, 1.82) is 0 Å². The number of ketones is 1. The number of fused-ring (bicyclic) bond motifs is 3. The molecule has 3 fully saturated rings. The monoisotopic (exact) mass is 574 g/mol. The van der Waals surface area contributed by atoms with E-state index in [4.69, 9.17) is 32.7 Å². The zero-order chi connectivity index (χ0) is 27.7. The van der Waals surface area contributed by atoms with Crippen LogP contribution in [0, 0.1) is 5.41 Å². The fraction of sp³-hybridized carbons (Fsp3) is 0.312. The van der Waals surface area contributed by atoms with E-state index in [0.29, 0.717) is 41.1 Å². The minimum Gasteiger partial charge on any atom is -0.347 e. The summed E-state index contributed by atoms with van der Waals surface area (Å²) in [6.07, 6.45) is 2.31. The number of halogens is 2. The fourth-order valence-corrected chi connectivity index (χ4v) is 8.20. The van der Waals surface area contributed by atoms with Crippen molar-refractivity contribution in [1.82, 2.24) is 4.90 Å². The Labute approximate surface area is 242 Å². The van der Waals surface area contributed by atoms with Crippen LogP contribution in [0.25, 0.3) is 6.08 Å². The van der Waals surface area contributed by atoms with Gasteiger partial charge in [-0.05, 0) is 42.4 Å². The molecular weight excluding hydrogens is 547 g/mol. The molecule has 3 atom stereocenters. The van der Waals surface area contributed by atoms with E-state index in [1.165, 1.54) is 0 Å². The average Bonchev–Trinajstić information content (AvgIpc) is 3.59. The highest BCUT2D eigenvalue weighted by Gasteiger charge is 2.77. The Bertz CT molecular complexity index is 1580. The van der Waals surface area contributed by atoms with E-state index in [2.05, 4.69) is 5.32 Å². The lowest BCUT2D eigenvalue weighted by molar-refractivity contribution is -0.203. The highest BCUT2D eigenvalue weighted by molar-refractivity contribution is 6.32. The summed E-state index contributed by atoms with van der Waals surface area (Å²) < 4.78 is 12.7. The standard InChI is InChI=1S/C32H28Cl2N2O4/c1-36-18-24(22-9-3-6-12-26(22)34)31(32(36)23-10-4-7-13-27(23)35-29(32)38)19-30(39-14-15-40-30)17-21(28(31)37)16-20-8-2-5-11-25(20)33/h2-13,16,24H,14-15,17-19H2,1H3,(H,35,38)/b21-16+. The van der Waals surface area contributed by atoms with Crippen LogP contribution in [0.3, 0.4) is 0 Å². The minimum absolute atomic E-state index is 0.113. The number of anilines is 1. The Hall–Kier alpha value is -3.00. The quantitative estimate of drug-likeness (QED) is 0.377. The van der Waals surface area contributed by atoms with Gasteiger partial charge < -0.3 is 14.8 Å². The summed E-state index contributed by atoms with van der Waals surface area (Å²) in [7, 11) is 1.92. The zero-order valence-electron chi connectivity index (χ0n) is 22.0. The first-order valence-corrected chi connectivity index (χ1v) is 14.2. The number of likely N-dealkylation sites (tertiary alicyclic amines) is 1. The maximum absolute atomic E-state index is 15.3. The summed E-state index contributed by atoms with van der Waals surface area (Å²) in [6.45, 7) is 1.25. The van der Waals surface area contributed by atoms with Crippen LogP contribution in [0.1, 0.15) is 35.4 Å². The minimum atomic E-state index is -1.31. The van der Waals surface area contributed by atoms with Gasteiger partial charge >= 0.3 is 0 Å². The van der Waals surface area contributed by atoms with Crippen LogP contribution in [0.15, 0.2) is 78.4 Å². The number of hydrogen-bond acceptors (Lipinski definition) is 5. The molecule has 2 saturated heterocycles. The highest BCUT2D eigenvalue weighted by atomic mass is 35.5. The maximum Gasteiger partial charge on any atom is 0.250 e. The molecule has 1 saturated carbocycles. The van der Waals surface area contributed by atoms with Gasteiger partial charge in [-0.25, -0.2) is 0 Å². The van der Waals surface area contributed by atoms with Gasteiger partial charge in [0.1, 0.15) is 5.54 Å². The first-order chi connectivity index (χ1) is 19.3. The number of nitrogens with one attached hydrogen (secondary N) is 1. The molecule has 3 aromatic rings. The van der Waals surface area contributed by atoms with Crippen molar-refractivity contribution in [3.05, 3.63) is 105 Å². The Kier molecular flexibility index (Phi) is 6.01. The first kappa shape index (κ1) is 25.9. The second-order valence-electron chi connectivity index (χ2n) is 11.1. The molecule has 204 valence electrons. The molecule has 0 radical (unpaired) electrons. The third-order valence-corrected chi connectivity index (χ3v) is 9.89. The predicted octanol–water partition coefficient (Wildman–Crippen LogP) is 6.05. The molecule has 1 aliphatic carbocycles. The van der Waals surface area contributed by atoms with Crippen molar-refractivity contribution in [3.63, 3.8) is 0 Å². The smallest absolute Gasteiger partial charge is 0.250 e. The molecule has 3 aromatic carbocycles. The molecule has 3 spiro atoms. The van der Waals surface area contributed by atoms with Crippen molar-refractivity contribution in [3.8, 4) is 0 Å². The number of rotatable bonds is 2. The Morgan fingerprint density at radius 1 is 0.925 bits per heavy atom. The SMILES string of the molecule is CN1CC(c2ccccc2Cl)C2(CC3(C/C(=C\c4ccccc4Cl)C2=O)OCCO3)C12C(=O)Nc1ccccc12. The Balaban J connectivity index is 1.55. The number of amides is 1. The van der Waals surface area contributed by atoms with Crippen LogP contribution in [-0.2, 0) is 24.6 Å². The molecule has 7 rings (SSSR count). The van der Waals surface area contributed by atoms with Crippen molar-refractivity contribution >= 4 is 46.7 Å². The molecule has 3 unspecified atom stereocenters. The van der Waals surface area contributed by atoms with Crippen molar-refractivity contribution < 1.29 is 19.1 Å². The van der Waals surface area contributed by atoms with Gasteiger partial charge in [-0.1, -0.05) is 77.8 Å². The zero-order valence-corrected chi connectivity index (χ0v) is 23.5. The van der Waals surface area contributed by atoms with Gasteiger partial charge in [0.15, 0.2) is 11.6 Å². The van der Waals surface area contributed by atoms with E-state index >= 15 is 4.79 Å². The number of carbonyl (C=O) groups excluding carboxylic acids is 2. The van der Waals surface area contributed by atoms with Gasteiger partial charge in [-0.2, -0.15) is 0 Å². The Morgan fingerprint density at radius 2 is 1.60 bits per heavy atom. The topological polar surface area (TPSA) is 67.9 Å². The molecule has 3 heterocycles. The first-order valence-electron chi connectivity index (χ1n) is 13.5. The fourth-order valence-electron chi connectivity index (χ4n) is 7.74. The summed E-state index contributed by atoms with van der Waals surface area (Å²) >= 11 is 13.4. The molecule has 6 nitrogen and oxygen atoms in total. The number of likely N-dealkylation sites (N-methyl/N-ethyl adjacent to an activating group) is 1. The summed E-state index contributed by atoms with van der Waals surface area (Å²) in [6, 6.07) is 22.7. The second kappa shape index (κ2) is 9.26.